The third-order valence-corrected chi connectivity index (χ3v) is 4.60. The number of hydrogen-bond donors (Lipinski definition) is 0. The molecular weight excluding hydrogens is 302 g/mol. The van der Waals surface area contributed by atoms with Gasteiger partial charge in [0.1, 0.15) is 6.33 Å². The second kappa shape index (κ2) is 6.03. The summed E-state index contributed by atoms with van der Waals surface area (Å²) in [6, 6.07) is 10.1. The highest BCUT2D eigenvalue weighted by Crippen LogP contribution is 2.32. The highest BCUT2D eigenvalue weighted by molar-refractivity contribution is 5.79. The summed E-state index contributed by atoms with van der Waals surface area (Å²) in [6.45, 7) is 2.84. The minimum atomic E-state index is 0.0372. The molecule has 6 heteroatoms. The van der Waals surface area contributed by atoms with Crippen molar-refractivity contribution in [1.29, 1.82) is 0 Å². The highest BCUT2D eigenvalue weighted by Gasteiger charge is 2.31. The van der Waals surface area contributed by atoms with Crippen LogP contribution in [0.5, 0.6) is 0 Å². The van der Waals surface area contributed by atoms with Crippen LogP contribution in [0.1, 0.15) is 35.7 Å². The van der Waals surface area contributed by atoms with Crippen molar-refractivity contribution in [1.82, 2.24) is 24.5 Å². The molecule has 122 valence electrons. The van der Waals surface area contributed by atoms with Crippen LogP contribution in [-0.2, 0) is 11.2 Å². The molecule has 1 fully saturated rings. The Labute approximate surface area is 140 Å². The van der Waals surface area contributed by atoms with E-state index in [4.69, 9.17) is 0 Å². The van der Waals surface area contributed by atoms with Gasteiger partial charge in [0, 0.05) is 12.7 Å². The fourth-order valence-corrected chi connectivity index (χ4v) is 3.36. The second-order valence-electron chi connectivity index (χ2n) is 6.25. The molecule has 6 nitrogen and oxygen atoms in total. The van der Waals surface area contributed by atoms with Gasteiger partial charge in [-0.15, -0.1) is 0 Å². The van der Waals surface area contributed by atoms with Crippen LogP contribution in [0.15, 0.2) is 42.9 Å². The molecule has 1 aliphatic heterocycles. The van der Waals surface area contributed by atoms with Crippen LogP contribution in [-0.4, -0.2) is 36.9 Å². The Kier molecular flexibility index (Phi) is 3.72. The van der Waals surface area contributed by atoms with E-state index >= 15 is 0 Å². The molecule has 0 bridgehead atoms. The van der Waals surface area contributed by atoms with E-state index in [2.05, 4.69) is 22.0 Å². The lowest BCUT2D eigenvalue weighted by atomic mass is 10.1. The normalized spacial score (nSPS) is 17.5. The molecule has 3 aromatic rings. The van der Waals surface area contributed by atoms with Gasteiger partial charge in [0.15, 0.2) is 0 Å². The van der Waals surface area contributed by atoms with E-state index in [-0.39, 0.29) is 11.9 Å². The largest absolute Gasteiger partial charge is 0.334 e. The van der Waals surface area contributed by atoms with Gasteiger partial charge in [-0.1, -0.05) is 29.8 Å². The van der Waals surface area contributed by atoms with E-state index in [9.17, 15) is 4.79 Å². The number of fused-ring (bicyclic) bond motifs is 1. The molecule has 0 aliphatic carbocycles. The van der Waals surface area contributed by atoms with E-state index in [0.717, 1.165) is 30.6 Å². The molecule has 0 spiro atoms. The zero-order valence-electron chi connectivity index (χ0n) is 13.6. The standard InChI is InChI=1S/C18H19N5O/c1-13-4-6-14(7-5-13)11-17(24)22-10-2-3-15(22)16-8-9-19-18-20-12-21-23(16)18/h4-9,12,15H,2-3,10-11H2,1H3/t15-/m1/s1. The van der Waals surface area contributed by atoms with Gasteiger partial charge in [-0.2, -0.15) is 14.6 Å². The van der Waals surface area contributed by atoms with Crippen LogP contribution >= 0.6 is 0 Å². The first kappa shape index (κ1) is 14.8. The molecule has 1 saturated heterocycles. The minimum Gasteiger partial charge on any atom is -0.334 e. The molecule has 1 atom stereocenters. The van der Waals surface area contributed by atoms with Crippen molar-refractivity contribution < 1.29 is 4.79 Å². The number of benzene rings is 1. The number of likely N-dealkylation sites (tertiary alicyclic amines) is 1. The zero-order chi connectivity index (χ0) is 16.5. The summed E-state index contributed by atoms with van der Waals surface area (Å²) in [5, 5.41) is 4.26. The number of hydrogen-bond acceptors (Lipinski definition) is 4. The lowest BCUT2D eigenvalue weighted by molar-refractivity contribution is -0.131. The van der Waals surface area contributed by atoms with Crippen LogP contribution in [0.25, 0.3) is 5.78 Å². The molecule has 1 amide bonds. The van der Waals surface area contributed by atoms with Crippen LogP contribution in [0, 0.1) is 6.92 Å². The molecule has 1 aliphatic rings. The zero-order valence-corrected chi connectivity index (χ0v) is 13.6. The summed E-state index contributed by atoms with van der Waals surface area (Å²) in [4.78, 5) is 23.1. The summed E-state index contributed by atoms with van der Waals surface area (Å²) in [5.74, 6) is 0.733. The molecule has 4 rings (SSSR count). The number of rotatable bonds is 3. The van der Waals surface area contributed by atoms with Gasteiger partial charge in [-0.3, -0.25) is 4.79 Å². The quantitative estimate of drug-likeness (QED) is 0.743. The number of aryl methyl sites for hydroxylation is 1. The molecule has 24 heavy (non-hydrogen) atoms. The molecule has 2 aromatic heterocycles. The van der Waals surface area contributed by atoms with Crippen LogP contribution in [0.4, 0.5) is 0 Å². The maximum atomic E-state index is 12.8. The summed E-state index contributed by atoms with van der Waals surface area (Å²) in [6.07, 6.45) is 5.61. The van der Waals surface area contributed by atoms with Gasteiger partial charge >= 0.3 is 0 Å². The van der Waals surface area contributed by atoms with Crippen molar-refractivity contribution in [2.24, 2.45) is 0 Å². The van der Waals surface area contributed by atoms with Crippen LogP contribution < -0.4 is 0 Å². The summed E-state index contributed by atoms with van der Waals surface area (Å²) >= 11 is 0. The maximum absolute atomic E-state index is 12.8. The lowest BCUT2D eigenvalue weighted by Gasteiger charge is -2.25. The Balaban J connectivity index is 1.59. The van der Waals surface area contributed by atoms with E-state index in [1.807, 2.05) is 35.2 Å². The van der Waals surface area contributed by atoms with Gasteiger partial charge in [0.05, 0.1) is 18.2 Å². The summed E-state index contributed by atoms with van der Waals surface area (Å²) in [7, 11) is 0. The second-order valence-corrected chi connectivity index (χ2v) is 6.25. The molecule has 0 saturated carbocycles. The van der Waals surface area contributed by atoms with Crippen LogP contribution in [0.2, 0.25) is 0 Å². The Hall–Kier alpha value is -2.76. The fourth-order valence-electron chi connectivity index (χ4n) is 3.36. The van der Waals surface area contributed by atoms with Gasteiger partial charge in [0.2, 0.25) is 5.91 Å². The first-order valence-electron chi connectivity index (χ1n) is 8.22. The molecular formula is C18H19N5O. The summed E-state index contributed by atoms with van der Waals surface area (Å²) in [5.41, 5.74) is 3.24. The van der Waals surface area contributed by atoms with Gasteiger partial charge in [-0.25, -0.2) is 4.98 Å². The lowest BCUT2D eigenvalue weighted by Crippen LogP contribution is -2.32. The van der Waals surface area contributed by atoms with Crippen molar-refractivity contribution in [2.45, 2.75) is 32.2 Å². The Morgan fingerprint density at radius 1 is 1.21 bits per heavy atom. The first-order chi connectivity index (χ1) is 11.7. The number of amides is 1. The minimum absolute atomic E-state index is 0.0372. The van der Waals surface area contributed by atoms with Gasteiger partial charge in [-0.05, 0) is 31.4 Å². The maximum Gasteiger partial charge on any atom is 0.252 e. The number of carbonyl (C=O) groups is 1. The predicted octanol–water partition coefficient (Wildman–Crippen LogP) is 2.34. The van der Waals surface area contributed by atoms with Crippen molar-refractivity contribution >= 4 is 11.7 Å². The van der Waals surface area contributed by atoms with Gasteiger partial charge < -0.3 is 4.90 Å². The van der Waals surface area contributed by atoms with Crippen molar-refractivity contribution in [3.05, 3.63) is 59.7 Å². The van der Waals surface area contributed by atoms with E-state index < -0.39 is 0 Å². The first-order valence-corrected chi connectivity index (χ1v) is 8.22. The fraction of sp³-hybridized carbons (Fsp3) is 0.333. The highest BCUT2D eigenvalue weighted by atomic mass is 16.2. The van der Waals surface area contributed by atoms with E-state index in [0.29, 0.717) is 12.2 Å². The average molecular weight is 321 g/mol. The third kappa shape index (κ3) is 2.64. The Bertz CT molecular complexity index is 871. The topological polar surface area (TPSA) is 63.4 Å². The van der Waals surface area contributed by atoms with E-state index in [1.165, 1.54) is 11.9 Å². The molecule has 1 aromatic carbocycles. The number of carbonyl (C=O) groups excluding carboxylic acids is 1. The monoisotopic (exact) mass is 321 g/mol. The average Bonchev–Trinajstić information content (AvgIpc) is 3.25. The van der Waals surface area contributed by atoms with Gasteiger partial charge in [0.25, 0.3) is 5.78 Å². The molecule has 0 radical (unpaired) electrons. The van der Waals surface area contributed by atoms with Crippen LogP contribution in [0.3, 0.4) is 0 Å². The molecule has 3 heterocycles. The third-order valence-electron chi connectivity index (χ3n) is 4.60. The molecule has 0 unspecified atom stereocenters. The Morgan fingerprint density at radius 3 is 2.88 bits per heavy atom. The number of aromatic nitrogens is 4. The van der Waals surface area contributed by atoms with Crippen molar-refractivity contribution in [2.75, 3.05) is 6.54 Å². The molecule has 0 N–H and O–H groups in total. The van der Waals surface area contributed by atoms with Crippen molar-refractivity contribution in [3.8, 4) is 0 Å². The number of nitrogens with zero attached hydrogens (tertiary/aromatic N) is 5. The smallest absolute Gasteiger partial charge is 0.252 e. The Morgan fingerprint density at radius 2 is 2.04 bits per heavy atom. The SMILES string of the molecule is Cc1ccc(CC(=O)N2CCC[C@@H]2c2ccnc3ncnn23)cc1. The van der Waals surface area contributed by atoms with E-state index in [1.54, 1.807) is 10.7 Å². The predicted molar refractivity (Wildman–Crippen MR) is 89.4 cm³/mol. The van der Waals surface area contributed by atoms with Crippen molar-refractivity contribution in [3.63, 3.8) is 0 Å². The summed E-state index contributed by atoms with van der Waals surface area (Å²) < 4.78 is 1.74.